The number of nitrogens with one attached hydrogen (secondary N) is 2. The average molecular weight is 533 g/mol. The van der Waals surface area contributed by atoms with Crippen LogP contribution >= 0.6 is 11.6 Å². The predicted octanol–water partition coefficient (Wildman–Crippen LogP) is 3.01. The molecule has 0 spiro atoms. The highest BCUT2D eigenvalue weighted by atomic mass is 35.5. The van der Waals surface area contributed by atoms with Crippen LogP contribution in [0.3, 0.4) is 0 Å². The third-order valence-electron chi connectivity index (χ3n) is 7.66. The molecule has 5 rings (SSSR count). The van der Waals surface area contributed by atoms with Crippen LogP contribution in [-0.2, 0) is 19.1 Å². The number of amides is 2. The van der Waals surface area contributed by atoms with E-state index >= 15 is 0 Å². The normalized spacial score (nSPS) is 34.9. The highest BCUT2D eigenvalue weighted by Gasteiger charge is 2.48. The summed E-state index contributed by atoms with van der Waals surface area (Å²) in [7, 11) is 0. The summed E-state index contributed by atoms with van der Waals surface area (Å²) in [5.74, 6) is 0.322. The van der Waals surface area contributed by atoms with Gasteiger partial charge in [0.05, 0.1) is 18.3 Å². The summed E-state index contributed by atoms with van der Waals surface area (Å²) >= 11 is 5.98. The minimum absolute atomic E-state index is 0.0219. The van der Waals surface area contributed by atoms with Crippen LogP contribution in [0.2, 0.25) is 5.02 Å². The monoisotopic (exact) mass is 532 g/mol. The fourth-order valence-corrected chi connectivity index (χ4v) is 6.04. The van der Waals surface area contributed by atoms with Gasteiger partial charge in [-0.3, -0.25) is 14.3 Å². The first kappa shape index (κ1) is 25.6. The molecular weight excluding hydrogens is 505 g/mol. The Hall–Kier alpha value is -2.08. The molecule has 1 aromatic carbocycles. The Bertz CT molecular complexity index is 1000. The van der Waals surface area contributed by atoms with Gasteiger partial charge in [0.25, 0.3) is 5.91 Å². The minimum Gasteiger partial charge on any atom is -0.480 e. The Labute approximate surface area is 210 Å². The summed E-state index contributed by atoms with van der Waals surface area (Å²) in [5, 5.41) is 16.9. The number of ether oxygens (including phenoxy) is 3. The number of benzene rings is 1. The molecule has 1 aromatic rings. The third kappa shape index (κ3) is 5.74. The lowest BCUT2D eigenvalue weighted by Crippen LogP contribution is -2.50. The van der Waals surface area contributed by atoms with Crippen molar-refractivity contribution in [3.63, 3.8) is 0 Å². The zero-order valence-electron chi connectivity index (χ0n) is 19.3. The molecule has 4 unspecified atom stereocenters. The van der Waals surface area contributed by atoms with E-state index in [2.05, 4.69) is 15.4 Å². The smallest absolute Gasteiger partial charge is 0.480 e. The molecule has 6 atom stereocenters. The highest BCUT2D eigenvalue weighted by Crippen LogP contribution is 2.45. The lowest BCUT2D eigenvalue weighted by atomic mass is 9.90. The molecule has 1 heterocycles. The molecule has 12 heteroatoms. The van der Waals surface area contributed by atoms with Gasteiger partial charge in [0.1, 0.15) is 12.4 Å². The van der Waals surface area contributed by atoms with E-state index in [1.807, 2.05) is 0 Å². The Balaban J connectivity index is 1.03. The maximum Gasteiger partial charge on any atom is 0.522 e. The predicted molar refractivity (Wildman–Crippen MR) is 120 cm³/mol. The summed E-state index contributed by atoms with van der Waals surface area (Å²) in [6.45, 7) is -0.203. The Kier molecular flexibility index (Phi) is 7.10. The van der Waals surface area contributed by atoms with Crippen LogP contribution in [0, 0.1) is 11.8 Å². The lowest BCUT2D eigenvalue weighted by Gasteiger charge is -2.35. The van der Waals surface area contributed by atoms with Gasteiger partial charge >= 0.3 is 6.36 Å². The number of fused-ring (bicyclic) bond motifs is 3. The van der Waals surface area contributed by atoms with Crippen LogP contribution in [0.1, 0.15) is 50.2 Å². The van der Waals surface area contributed by atoms with Crippen molar-refractivity contribution in [1.29, 1.82) is 0 Å². The van der Waals surface area contributed by atoms with E-state index in [0.717, 1.165) is 19.3 Å². The molecular formula is C24H28ClF3N2O6. The molecule has 4 aliphatic rings. The first-order valence-electron chi connectivity index (χ1n) is 12.1. The highest BCUT2D eigenvalue weighted by molar-refractivity contribution is 6.30. The van der Waals surface area contributed by atoms with E-state index in [1.165, 1.54) is 0 Å². The van der Waals surface area contributed by atoms with Gasteiger partial charge in [-0.1, -0.05) is 11.6 Å². The number of carbonyl (C=O) groups is 2. The molecule has 8 nitrogen and oxygen atoms in total. The largest absolute Gasteiger partial charge is 0.522 e. The van der Waals surface area contributed by atoms with Crippen molar-refractivity contribution in [3.05, 3.63) is 28.8 Å². The van der Waals surface area contributed by atoms with Gasteiger partial charge in [-0.2, -0.15) is 0 Å². The number of aliphatic hydroxyl groups excluding tert-OH is 1. The molecule has 3 N–H and O–H groups in total. The van der Waals surface area contributed by atoms with Gasteiger partial charge < -0.3 is 25.2 Å². The maximum absolute atomic E-state index is 12.9. The van der Waals surface area contributed by atoms with Crippen LogP contribution in [0.4, 0.5) is 13.2 Å². The van der Waals surface area contributed by atoms with E-state index in [-0.39, 0.29) is 61.6 Å². The quantitative estimate of drug-likeness (QED) is 0.498. The van der Waals surface area contributed by atoms with Gasteiger partial charge in [0.15, 0.2) is 6.10 Å². The molecule has 36 heavy (non-hydrogen) atoms. The lowest BCUT2D eigenvalue weighted by molar-refractivity contribution is -0.357. The van der Waals surface area contributed by atoms with Crippen LogP contribution in [0.15, 0.2) is 18.2 Å². The summed E-state index contributed by atoms with van der Waals surface area (Å²) in [4.78, 5) is 25.1. The topological polar surface area (TPSA) is 106 Å². The van der Waals surface area contributed by atoms with Crippen molar-refractivity contribution >= 4 is 23.4 Å². The van der Waals surface area contributed by atoms with Gasteiger partial charge in [-0.25, -0.2) is 0 Å². The zero-order chi connectivity index (χ0) is 25.6. The molecule has 2 bridgehead atoms. The van der Waals surface area contributed by atoms with E-state index < -0.39 is 30.8 Å². The second kappa shape index (κ2) is 10.00. The minimum atomic E-state index is -4.66. The van der Waals surface area contributed by atoms with Crippen LogP contribution in [0.25, 0.3) is 0 Å². The Morgan fingerprint density at radius 2 is 1.72 bits per heavy atom. The number of halogens is 4. The number of hydrogen-bond donors (Lipinski definition) is 3. The van der Waals surface area contributed by atoms with E-state index in [0.29, 0.717) is 16.3 Å². The molecule has 0 saturated heterocycles. The molecule has 1 aliphatic heterocycles. The number of alkyl halides is 3. The van der Waals surface area contributed by atoms with Gasteiger partial charge in [-0.15, -0.1) is 13.2 Å². The molecule has 198 valence electrons. The SMILES string of the molecule is O=C(CO[C@H]1C[C@@H](OC(F)(F)F)C1)NC1CC2CC1CC2NC(=O)[C@H]1C[C@@H](O)c2cc(Cl)ccc2O1. The second-order valence-corrected chi connectivity index (χ2v) is 10.6. The average Bonchev–Trinajstić information content (AvgIpc) is 3.34. The molecule has 3 saturated carbocycles. The van der Waals surface area contributed by atoms with E-state index in [9.17, 15) is 27.9 Å². The number of hydrogen-bond acceptors (Lipinski definition) is 6. The van der Waals surface area contributed by atoms with Crippen LogP contribution in [0.5, 0.6) is 5.75 Å². The molecule has 2 amide bonds. The zero-order valence-corrected chi connectivity index (χ0v) is 20.1. The van der Waals surface area contributed by atoms with Crippen LogP contribution in [-0.4, -0.2) is 60.3 Å². The number of aliphatic hydroxyl groups is 1. The number of rotatable bonds is 7. The Morgan fingerprint density at radius 1 is 1.03 bits per heavy atom. The van der Waals surface area contributed by atoms with E-state index in [1.54, 1.807) is 18.2 Å². The first-order valence-corrected chi connectivity index (χ1v) is 12.5. The van der Waals surface area contributed by atoms with Crippen LogP contribution < -0.4 is 15.4 Å². The van der Waals surface area contributed by atoms with E-state index in [4.69, 9.17) is 21.1 Å². The van der Waals surface area contributed by atoms with Crippen molar-refractivity contribution in [2.24, 2.45) is 11.8 Å². The second-order valence-electron chi connectivity index (χ2n) is 10.1. The van der Waals surface area contributed by atoms with Gasteiger partial charge in [-0.05, 0) is 49.3 Å². The van der Waals surface area contributed by atoms with Gasteiger partial charge in [0.2, 0.25) is 5.91 Å². The Morgan fingerprint density at radius 3 is 2.39 bits per heavy atom. The van der Waals surface area contributed by atoms with Crippen molar-refractivity contribution in [2.45, 2.75) is 81.4 Å². The van der Waals surface area contributed by atoms with Crippen molar-refractivity contribution < 1.29 is 42.1 Å². The fourth-order valence-electron chi connectivity index (χ4n) is 5.86. The summed E-state index contributed by atoms with van der Waals surface area (Å²) < 4.78 is 51.6. The summed E-state index contributed by atoms with van der Waals surface area (Å²) in [6, 6.07) is 4.88. The molecule has 3 aliphatic carbocycles. The van der Waals surface area contributed by atoms with Crippen molar-refractivity contribution in [2.75, 3.05) is 6.61 Å². The summed E-state index contributed by atoms with van der Waals surface area (Å²) in [5.41, 5.74) is 0.570. The maximum atomic E-state index is 12.9. The van der Waals surface area contributed by atoms with Crippen molar-refractivity contribution in [3.8, 4) is 5.75 Å². The van der Waals surface area contributed by atoms with Gasteiger partial charge in [0, 0.05) is 41.9 Å². The molecule has 0 aromatic heterocycles. The van der Waals surface area contributed by atoms with Crippen molar-refractivity contribution in [1.82, 2.24) is 10.6 Å². The molecule has 0 radical (unpaired) electrons. The summed E-state index contributed by atoms with van der Waals surface area (Å²) in [6.07, 6.45) is -4.91. The molecule has 3 fully saturated rings. The fraction of sp³-hybridized carbons (Fsp3) is 0.667. The first-order chi connectivity index (χ1) is 17.0. The number of carbonyl (C=O) groups excluding carboxylic acids is 2. The standard InChI is InChI=1S/C24H28ClF3N2O6/c25-13-1-2-20-16(6-13)19(31)9-21(35-20)23(33)30-18-5-11-3-12(18)4-17(11)29-22(32)10-34-14-7-15(8-14)36-24(26,27)28/h1-2,6,11-12,14-15,17-19,21,31H,3-5,7-10H2,(H,29,32)(H,30,33)/t11?,12?,14-,15+,17?,18?,19-,21-/m1/s1. The third-order valence-corrected chi connectivity index (χ3v) is 7.90.